The van der Waals surface area contributed by atoms with Crippen molar-refractivity contribution in [2.24, 2.45) is 0 Å². The predicted molar refractivity (Wildman–Crippen MR) is 177 cm³/mol. The van der Waals surface area contributed by atoms with Crippen molar-refractivity contribution in [1.29, 1.82) is 0 Å². The number of alkyl halides is 5. The van der Waals surface area contributed by atoms with Gasteiger partial charge in [0.05, 0.1) is 12.2 Å². The molecule has 0 bridgehead atoms. The summed E-state index contributed by atoms with van der Waals surface area (Å²) in [6.07, 6.45) is 4.45. The maximum atomic E-state index is 14.7. The van der Waals surface area contributed by atoms with Crippen molar-refractivity contribution in [3.63, 3.8) is 0 Å². The van der Waals surface area contributed by atoms with E-state index in [1.165, 1.54) is 55.3 Å². The van der Waals surface area contributed by atoms with Gasteiger partial charge in [0, 0.05) is 23.9 Å². The Labute approximate surface area is 274 Å². The lowest BCUT2D eigenvalue weighted by Gasteiger charge is -2.18. The van der Waals surface area contributed by atoms with Gasteiger partial charge in [-0.1, -0.05) is 68.9 Å². The van der Waals surface area contributed by atoms with Crippen molar-refractivity contribution in [3.05, 3.63) is 95.1 Å². The van der Waals surface area contributed by atoms with Gasteiger partial charge in [-0.2, -0.15) is 22.0 Å². The molecular weight excluding hydrogens is 615 g/mol. The number of hydrogen-bond acceptors (Lipinski definition) is 5. The van der Waals surface area contributed by atoms with E-state index < -0.39 is 24.7 Å². The number of esters is 1. The molecule has 3 aromatic carbocycles. The van der Waals surface area contributed by atoms with Crippen LogP contribution < -0.4 is 16.2 Å². The summed E-state index contributed by atoms with van der Waals surface area (Å²) in [5, 5.41) is 0. The summed E-state index contributed by atoms with van der Waals surface area (Å²) < 4.78 is 76.3. The van der Waals surface area contributed by atoms with Gasteiger partial charge in [-0.3, -0.25) is 0 Å². The summed E-state index contributed by atoms with van der Waals surface area (Å²) in [6.45, 7) is 0.340. The highest BCUT2D eigenvalue weighted by Crippen LogP contribution is 2.32. The van der Waals surface area contributed by atoms with Crippen LogP contribution in [0, 0.1) is 0 Å². The summed E-state index contributed by atoms with van der Waals surface area (Å²) >= 11 is 0. The Morgan fingerprint density at radius 1 is 0.702 bits per heavy atom. The molecule has 10 heteroatoms. The van der Waals surface area contributed by atoms with Crippen LogP contribution in [0.1, 0.15) is 92.9 Å². The van der Waals surface area contributed by atoms with Crippen LogP contribution in [-0.4, -0.2) is 18.8 Å². The number of halogens is 5. The van der Waals surface area contributed by atoms with Gasteiger partial charge in [0.2, 0.25) is 0 Å². The number of carbonyl (C=O) groups is 1. The van der Waals surface area contributed by atoms with Crippen LogP contribution in [0.25, 0.3) is 6.08 Å². The highest BCUT2D eigenvalue weighted by Gasteiger charge is 2.34. The fourth-order valence-corrected chi connectivity index (χ4v) is 5.08. The van der Waals surface area contributed by atoms with Gasteiger partial charge in [-0.05, 0) is 97.7 Å². The molecule has 0 saturated heterocycles. The van der Waals surface area contributed by atoms with E-state index in [0.29, 0.717) is 36.3 Å². The molecule has 0 saturated carbocycles. The largest absolute Gasteiger partial charge is 0.463 e. The van der Waals surface area contributed by atoms with Crippen LogP contribution >= 0.6 is 0 Å². The lowest BCUT2D eigenvalue weighted by atomic mass is 10.0. The molecule has 3 rings (SSSR count). The number of rotatable bonds is 20. The van der Waals surface area contributed by atoms with E-state index in [1.54, 1.807) is 24.3 Å². The Kier molecular flexibility index (Phi) is 15.0. The molecule has 0 radical (unpaired) electrons. The van der Waals surface area contributed by atoms with Gasteiger partial charge >= 0.3 is 18.3 Å². The number of nitrogen functional groups attached to an aromatic ring is 2. The van der Waals surface area contributed by atoms with Crippen molar-refractivity contribution in [2.45, 2.75) is 95.8 Å². The summed E-state index contributed by atoms with van der Waals surface area (Å²) in [4.78, 5) is 12.0. The second kappa shape index (κ2) is 18.9. The van der Waals surface area contributed by atoms with Gasteiger partial charge in [0.1, 0.15) is 5.75 Å². The Balaban J connectivity index is 1.25. The Hall–Kier alpha value is -4.08. The first-order valence-corrected chi connectivity index (χ1v) is 16.2. The Morgan fingerprint density at radius 2 is 1.32 bits per heavy atom. The third-order valence-corrected chi connectivity index (χ3v) is 7.76. The van der Waals surface area contributed by atoms with Crippen molar-refractivity contribution in [1.82, 2.24) is 0 Å². The molecule has 0 atom stereocenters. The van der Waals surface area contributed by atoms with Crippen LogP contribution in [0.5, 0.6) is 5.75 Å². The van der Waals surface area contributed by atoms with E-state index in [2.05, 4.69) is 0 Å². The third kappa shape index (κ3) is 14.9. The molecule has 5 nitrogen and oxygen atoms in total. The molecule has 47 heavy (non-hydrogen) atoms. The van der Waals surface area contributed by atoms with Crippen molar-refractivity contribution in [3.8, 4) is 5.75 Å². The molecule has 0 spiro atoms. The second-order valence-corrected chi connectivity index (χ2v) is 11.7. The lowest BCUT2D eigenvalue weighted by Crippen LogP contribution is -2.21. The van der Waals surface area contributed by atoms with Crippen LogP contribution in [0.3, 0.4) is 0 Å². The monoisotopic (exact) mass is 660 g/mol. The van der Waals surface area contributed by atoms with Crippen LogP contribution in [0.15, 0.2) is 72.8 Å². The van der Waals surface area contributed by atoms with Gasteiger partial charge in [-0.25, -0.2) is 4.79 Å². The minimum Gasteiger partial charge on any atom is -0.463 e. The number of unbranched alkanes of at least 4 members (excludes halogenated alkanes) is 8. The van der Waals surface area contributed by atoms with Gasteiger partial charge in [0.15, 0.2) is 0 Å². The fourth-order valence-electron chi connectivity index (χ4n) is 5.08. The number of ether oxygens (including phenoxy) is 2. The normalized spacial score (nSPS) is 12.0. The van der Waals surface area contributed by atoms with E-state index in [-0.39, 0.29) is 17.7 Å². The summed E-state index contributed by atoms with van der Waals surface area (Å²) in [5.41, 5.74) is 15.3. The molecule has 0 unspecified atom stereocenters. The van der Waals surface area contributed by atoms with E-state index in [9.17, 15) is 26.7 Å². The van der Waals surface area contributed by atoms with Gasteiger partial charge < -0.3 is 20.9 Å². The molecule has 0 heterocycles. The Bertz CT molecular complexity index is 1390. The summed E-state index contributed by atoms with van der Waals surface area (Å²) in [6, 6.07) is 16.9. The number of carbonyl (C=O) groups excluding carboxylic acids is 1. The predicted octanol–water partition coefficient (Wildman–Crippen LogP) is 10.2. The van der Waals surface area contributed by atoms with Crippen molar-refractivity contribution < 1.29 is 36.2 Å². The first kappa shape index (κ1) is 37.4. The smallest absolute Gasteiger partial charge is 0.426 e. The molecule has 0 aliphatic carbocycles. The molecule has 0 aromatic heterocycles. The maximum absolute atomic E-state index is 14.7. The fraction of sp³-hybridized carbons (Fsp3) is 0.432. The van der Waals surface area contributed by atoms with Gasteiger partial charge in [-0.15, -0.1) is 0 Å². The Morgan fingerprint density at radius 3 is 1.96 bits per heavy atom. The van der Waals surface area contributed by atoms with Crippen LogP contribution in [0.4, 0.5) is 33.3 Å². The maximum Gasteiger partial charge on any atom is 0.426 e. The number of nitrogens with two attached hydrogens (primary N) is 2. The zero-order valence-electron chi connectivity index (χ0n) is 26.7. The first-order chi connectivity index (χ1) is 22.4. The van der Waals surface area contributed by atoms with E-state index in [0.717, 1.165) is 56.2 Å². The quantitative estimate of drug-likeness (QED) is 0.0414. The zero-order valence-corrected chi connectivity index (χ0v) is 26.7. The van der Waals surface area contributed by atoms with E-state index >= 15 is 0 Å². The second-order valence-electron chi connectivity index (χ2n) is 11.7. The van der Waals surface area contributed by atoms with E-state index in [1.807, 2.05) is 12.1 Å². The van der Waals surface area contributed by atoms with Crippen molar-refractivity contribution in [2.75, 3.05) is 18.1 Å². The zero-order chi connectivity index (χ0) is 34.1. The van der Waals surface area contributed by atoms with E-state index in [4.69, 9.17) is 20.9 Å². The minimum absolute atomic E-state index is 0.0106. The molecule has 0 aliphatic heterocycles. The summed E-state index contributed by atoms with van der Waals surface area (Å²) in [5.74, 6) is -0.531. The lowest BCUT2D eigenvalue weighted by molar-refractivity contribution is -0.185. The molecule has 0 fully saturated rings. The molecule has 0 aliphatic rings. The number of hydrogen-bond donors (Lipinski definition) is 2. The van der Waals surface area contributed by atoms with Crippen molar-refractivity contribution >= 4 is 23.4 Å². The van der Waals surface area contributed by atoms with Crippen LogP contribution in [-0.2, 0) is 28.5 Å². The highest BCUT2D eigenvalue weighted by molar-refractivity contribution is 5.87. The summed E-state index contributed by atoms with van der Waals surface area (Å²) in [7, 11) is 0. The minimum atomic E-state index is -4.19. The number of anilines is 2. The topological polar surface area (TPSA) is 87.6 Å². The molecule has 0 amide bonds. The standard InChI is InChI=1S/C37H45F5N2O3/c38-36(39,40)25-9-8-11-28-13-19-31(20-14-28)37(41,42)47-33-22-15-29(16-23-33)17-24-35(45)46-26-10-6-4-2-1-3-5-7-12-30-18-21-32(43)27-34(30)44/h13-24,27H,1-12,25-26,43-44H2/b24-17+. The third-order valence-electron chi connectivity index (χ3n) is 7.76. The number of benzene rings is 3. The van der Waals surface area contributed by atoms with Crippen LogP contribution in [0.2, 0.25) is 0 Å². The molecule has 3 aromatic rings. The molecular formula is C37H45F5N2O3. The first-order valence-electron chi connectivity index (χ1n) is 16.2. The average molecular weight is 661 g/mol. The SMILES string of the molecule is Nc1ccc(CCCCCCCCCCOC(=O)/C=C/c2ccc(OC(F)(F)c3ccc(CCCCC(F)(F)F)cc3)cc2)c(N)c1. The average Bonchev–Trinajstić information content (AvgIpc) is 3.02. The highest BCUT2D eigenvalue weighted by atomic mass is 19.4. The number of aryl methyl sites for hydroxylation is 2. The van der Waals surface area contributed by atoms with Gasteiger partial charge in [0.25, 0.3) is 0 Å². The molecule has 256 valence electrons. The molecule has 4 N–H and O–H groups in total.